The second-order valence-corrected chi connectivity index (χ2v) is 5.55. The summed E-state index contributed by atoms with van der Waals surface area (Å²) in [6, 6.07) is 7.28. The molecule has 1 fully saturated rings. The molecule has 3 rings (SSSR count). The van der Waals surface area contributed by atoms with E-state index in [9.17, 15) is 14.0 Å². The molecule has 23 heavy (non-hydrogen) atoms. The Hall–Kier alpha value is -2.70. The molecule has 7 heteroatoms. The average molecular weight is 317 g/mol. The van der Waals surface area contributed by atoms with Gasteiger partial charge in [-0.05, 0) is 37.1 Å². The lowest BCUT2D eigenvalue weighted by molar-refractivity contribution is -0.123. The van der Waals surface area contributed by atoms with Crippen molar-refractivity contribution in [1.82, 2.24) is 10.1 Å². The number of nitrogens with zero attached hydrogens (tertiary/aromatic N) is 2. The van der Waals surface area contributed by atoms with Gasteiger partial charge in [0.25, 0.3) is 5.91 Å². The Morgan fingerprint density at radius 3 is 2.48 bits per heavy atom. The van der Waals surface area contributed by atoms with E-state index in [2.05, 4.69) is 5.16 Å². The molecule has 1 aliphatic rings. The number of likely N-dealkylation sites (tertiary alicyclic amines) is 1. The molecule has 1 saturated heterocycles. The first-order valence-electron chi connectivity index (χ1n) is 7.36. The second-order valence-electron chi connectivity index (χ2n) is 5.55. The molecule has 1 aromatic carbocycles. The molecule has 0 spiro atoms. The number of carbonyl (C=O) groups is 2. The summed E-state index contributed by atoms with van der Waals surface area (Å²) in [5, 5.41) is 3.79. The fourth-order valence-corrected chi connectivity index (χ4v) is 2.66. The minimum atomic E-state index is -0.345. The van der Waals surface area contributed by atoms with Crippen LogP contribution in [0.2, 0.25) is 0 Å². The van der Waals surface area contributed by atoms with Crippen molar-refractivity contribution in [3.63, 3.8) is 0 Å². The van der Waals surface area contributed by atoms with Gasteiger partial charge in [-0.25, -0.2) is 4.39 Å². The maximum Gasteiger partial charge on any atom is 0.276 e. The maximum atomic E-state index is 12.9. The van der Waals surface area contributed by atoms with Crippen molar-refractivity contribution >= 4 is 11.8 Å². The lowest BCUT2D eigenvalue weighted by Crippen LogP contribution is -2.41. The molecule has 0 bridgehead atoms. The fourth-order valence-electron chi connectivity index (χ4n) is 2.66. The van der Waals surface area contributed by atoms with Crippen molar-refractivity contribution in [2.24, 2.45) is 11.7 Å². The highest BCUT2D eigenvalue weighted by Gasteiger charge is 2.28. The predicted octanol–water partition coefficient (Wildman–Crippen LogP) is 1.82. The van der Waals surface area contributed by atoms with Gasteiger partial charge < -0.3 is 15.2 Å². The predicted molar refractivity (Wildman–Crippen MR) is 79.7 cm³/mol. The summed E-state index contributed by atoms with van der Waals surface area (Å²) >= 11 is 0. The number of primary amides is 1. The Balaban J connectivity index is 1.69. The zero-order chi connectivity index (χ0) is 16.4. The van der Waals surface area contributed by atoms with Crippen molar-refractivity contribution in [3.8, 4) is 11.3 Å². The van der Waals surface area contributed by atoms with Crippen molar-refractivity contribution in [2.75, 3.05) is 13.1 Å². The minimum Gasteiger partial charge on any atom is -0.369 e. The molecule has 0 radical (unpaired) electrons. The third-order valence-corrected chi connectivity index (χ3v) is 4.04. The van der Waals surface area contributed by atoms with Gasteiger partial charge in [-0.3, -0.25) is 9.59 Å². The number of aromatic nitrogens is 1. The zero-order valence-corrected chi connectivity index (χ0v) is 12.4. The summed E-state index contributed by atoms with van der Waals surface area (Å²) in [5.41, 5.74) is 6.12. The fraction of sp³-hybridized carbons (Fsp3) is 0.312. The van der Waals surface area contributed by atoms with Crippen LogP contribution < -0.4 is 5.73 Å². The van der Waals surface area contributed by atoms with Gasteiger partial charge in [0.05, 0.1) is 0 Å². The largest absolute Gasteiger partial charge is 0.369 e. The topological polar surface area (TPSA) is 89.4 Å². The Morgan fingerprint density at radius 1 is 1.22 bits per heavy atom. The highest BCUT2D eigenvalue weighted by atomic mass is 19.1. The number of rotatable bonds is 3. The Bertz CT molecular complexity index is 718. The normalized spacial score (nSPS) is 15.6. The SMILES string of the molecule is NC(=O)C1CCN(C(=O)c2cc(-c3ccc(F)cc3)on2)CC1. The number of carbonyl (C=O) groups excluding carboxylic acids is 2. The number of hydrogen-bond acceptors (Lipinski definition) is 4. The molecule has 120 valence electrons. The van der Waals surface area contributed by atoms with Gasteiger partial charge in [0.1, 0.15) is 5.82 Å². The van der Waals surface area contributed by atoms with Crippen LogP contribution >= 0.6 is 0 Å². The Kier molecular flexibility index (Phi) is 4.10. The van der Waals surface area contributed by atoms with E-state index in [1.165, 1.54) is 18.2 Å². The van der Waals surface area contributed by atoms with E-state index < -0.39 is 0 Å². The number of benzene rings is 1. The molecule has 2 amide bonds. The number of amides is 2. The maximum absolute atomic E-state index is 12.9. The Morgan fingerprint density at radius 2 is 1.87 bits per heavy atom. The van der Waals surface area contributed by atoms with Gasteiger partial charge in [0.2, 0.25) is 5.91 Å². The van der Waals surface area contributed by atoms with Crippen molar-refractivity contribution in [3.05, 3.63) is 41.8 Å². The number of piperidine rings is 1. The number of halogens is 1. The van der Waals surface area contributed by atoms with Gasteiger partial charge in [0, 0.05) is 30.6 Å². The van der Waals surface area contributed by atoms with Crippen molar-refractivity contribution < 1.29 is 18.5 Å². The molecule has 0 aliphatic carbocycles. The van der Waals surface area contributed by atoms with Crippen LogP contribution in [0.5, 0.6) is 0 Å². The van der Waals surface area contributed by atoms with E-state index in [1.54, 1.807) is 17.0 Å². The molecule has 1 aliphatic heterocycles. The van der Waals surface area contributed by atoms with E-state index in [1.807, 2.05) is 0 Å². The number of hydrogen-bond donors (Lipinski definition) is 1. The number of nitrogens with two attached hydrogens (primary N) is 1. The molecule has 2 aromatic rings. The quantitative estimate of drug-likeness (QED) is 0.935. The first-order valence-corrected chi connectivity index (χ1v) is 7.36. The molecule has 0 unspecified atom stereocenters. The van der Waals surface area contributed by atoms with E-state index in [0.29, 0.717) is 37.3 Å². The lowest BCUT2D eigenvalue weighted by Gasteiger charge is -2.29. The first-order chi connectivity index (χ1) is 11.0. The summed E-state index contributed by atoms with van der Waals surface area (Å²) in [6.45, 7) is 0.927. The highest BCUT2D eigenvalue weighted by molar-refractivity contribution is 5.93. The first kappa shape index (κ1) is 15.2. The molecular weight excluding hydrogens is 301 g/mol. The van der Waals surface area contributed by atoms with Crippen LogP contribution in [0.15, 0.2) is 34.9 Å². The summed E-state index contributed by atoms with van der Waals surface area (Å²) in [7, 11) is 0. The van der Waals surface area contributed by atoms with E-state index in [-0.39, 0.29) is 29.2 Å². The summed E-state index contributed by atoms with van der Waals surface area (Å²) in [4.78, 5) is 25.2. The summed E-state index contributed by atoms with van der Waals surface area (Å²) in [6.07, 6.45) is 1.12. The molecule has 0 saturated carbocycles. The van der Waals surface area contributed by atoms with Crippen LogP contribution in [-0.2, 0) is 4.79 Å². The van der Waals surface area contributed by atoms with Gasteiger partial charge in [-0.15, -0.1) is 0 Å². The zero-order valence-electron chi connectivity index (χ0n) is 12.4. The minimum absolute atomic E-state index is 0.175. The second kappa shape index (κ2) is 6.20. The molecule has 2 heterocycles. The van der Waals surface area contributed by atoms with Gasteiger partial charge >= 0.3 is 0 Å². The van der Waals surface area contributed by atoms with Crippen LogP contribution in [0.3, 0.4) is 0 Å². The summed E-state index contributed by atoms with van der Waals surface area (Å²) < 4.78 is 18.1. The van der Waals surface area contributed by atoms with Crippen molar-refractivity contribution in [2.45, 2.75) is 12.8 Å². The molecular formula is C16H16FN3O3. The van der Waals surface area contributed by atoms with E-state index in [4.69, 9.17) is 10.3 Å². The van der Waals surface area contributed by atoms with Gasteiger partial charge in [-0.2, -0.15) is 0 Å². The van der Waals surface area contributed by atoms with Crippen LogP contribution in [0.25, 0.3) is 11.3 Å². The standard InChI is InChI=1S/C16H16FN3O3/c17-12-3-1-10(2-4-12)14-9-13(19-23-14)16(22)20-7-5-11(6-8-20)15(18)21/h1-4,9,11H,5-8H2,(H2,18,21). The van der Waals surface area contributed by atoms with Crippen LogP contribution in [0.4, 0.5) is 4.39 Å². The molecule has 6 nitrogen and oxygen atoms in total. The Labute approximate surface area is 132 Å². The molecule has 0 atom stereocenters. The monoisotopic (exact) mass is 317 g/mol. The van der Waals surface area contributed by atoms with Crippen molar-refractivity contribution in [1.29, 1.82) is 0 Å². The van der Waals surface area contributed by atoms with Crippen LogP contribution in [0.1, 0.15) is 23.3 Å². The summed E-state index contributed by atoms with van der Waals surface area (Å²) in [5.74, 6) is -0.685. The molecule has 1 aromatic heterocycles. The average Bonchev–Trinajstić information content (AvgIpc) is 3.05. The van der Waals surface area contributed by atoms with Gasteiger partial charge in [-0.1, -0.05) is 5.16 Å². The van der Waals surface area contributed by atoms with Crippen LogP contribution in [-0.4, -0.2) is 35.0 Å². The smallest absolute Gasteiger partial charge is 0.276 e. The van der Waals surface area contributed by atoms with E-state index >= 15 is 0 Å². The highest BCUT2D eigenvalue weighted by Crippen LogP contribution is 2.23. The van der Waals surface area contributed by atoms with Crippen LogP contribution in [0, 0.1) is 11.7 Å². The lowest BCUT2D eigenvalue weighted by atomic mass is 9.96. The van der Waals surface area contributed by atoms with E-state index in [0.717, 1.165) is 0 Å². The third-order valence-electron chi connectivity index (χ3n) is 4.04. The van der Waals surface area contributed by atoms with Gasteiger partial charge in [0.15, 0.2) is 11.5 Å². The molecule has 2 N–H and O–H groups in total. The third kappa shape index (κ3) is 3.23.